The monoisotopic (exact) mass is 384 g/mol. The van der Waals surface area contributed by atoms with Crippen LogP contribution in [0.25, 0.3) is 0 Å². The fraction of sp³-hybridized carbons (Fsp3) is 0.364. The maximum absolute atomic E-state index is 12.9. The zero-order valence-corrected chi connectivity index (χ0v) is 16.1. The number of halogens is 1. The first-order chi connectivity index (χ1) is 13.4. The molecule has 1 fully saturated rings. The number of anilines is 1. The van der Waals surface area contributed by atoms with Gasteiger partial charge in [0.1, 0.15) is 17.0 Å². The van der Waals surface area contributed by atoms with E-state index in [9.17, 15) is 14.0 Å². The van der Waals surface area contributed by atoms with Gasteiger partial charge in [0.25, 0.3) is 0 Å². The third-order valence-electron chi connectivity index (χ3n) is 4.72. The van der Waals surface area contributed by atoms with Gasteiger partial charge in [0.2, 0.25) is 11.8 Å². The lowest BCUT2D eigenvalue weighted by Crippen LogP contribution is -2.40. The molecule has 3 rings (SSSR count). The maximum Gasteiger partial charge on any atom is 0.240 e. The van der Waals surface area contributed by atoms with Crippen LogP contribution in [0.4, 0.5) is 10.1 Å². The average molecular weight is 384 g/mol. The van der Waals surface area contributed by atoms with Gasteiger partial charge >= 0.3 is 0 Å². The number of benzene rings is 2. The number of ether oxygens (including phenoxy) is 1. The van der Waals surface area contributed by atoms with Gasteiger partial charge in [0.05, 0.1) is 6.10 Å². The number of carbonyl (C=O) groups excluding carboxylic acids is 2. The lowest BCUT2D eigenvalue weighted by Gasteiger charge is -2.16. The van der Waals surface area contributed by atoms with Gasteiger partial charge in [0.15, 0.2) is 0 Å². The van der Waals surface area contributed by atoms with Crippen LogP contribution in [-0.4, -0.2) is 24.5 Å². The zero-order chi connectivity index (χ0) is 20.1. The fourth-order valence-corrected chi connectivity index (χ4v) is 2.96. The van der Waals surface area contributed by atoms with Crippen LogP contribution in [0, 0.1) is 11.2 Å². The number of amides is 2. The van der Waals surface area contributed by atoms with E-state index >= 15 is 0 Å². The van der Waals surface area contributed by atoms with Crippen molar-refractivity contribution in [2.75, 3.05) is 11.9 Å². The topological polar surface area (TPSA) is 67.4 Å². The van der Waals surface area contributed by atoms with Crippen LogP contribution in [0.5, 0.6) is 5.75 Å². The highest BCUT2D eigenvalue weighted by molar-refractivity contribution is 6.13. The zero-order valence-electron chi connectivity index (χ0n) is 16.1. The van der Waals surface area contributed by atoms with E-state index in [2.05, 4.69) is 10.6 Å². The molecule has 2 aromatic rings. The van der Waals surface area contributed by atoms with E-state index in [4.69, 9.17) is 4.74 Å². The Hall–Kier alpha value is -2.89. The van der Waals surface area contributed by atoms with E-state index in [1.807, 2.05) is 13.8 Å². The Balaban J connectivity index is 1.51. The van der Waals surface area contributed by atoms with Gasteiger partial charge < -0.3 is 15.4 Å². The second-order valence-electron chi connectivity index (χ2n) is 7.36. The minimum Gasteiger partial charge on any atom is -0.491 e. The third kappa shape index (κ3) is 4.88. The van der Waals surface area contributed by atoms with Crippen molar-refractivity contribution in [3.63, 3.8) is 0 Å². The summed E-state index contributed by atoms with van der Waals surface area (Å²) < 4.78 is 18.5. The number of rotatable bonds is 8. The molecule has 0 bridgehead atoms. The first-order valence-corrected chi connectivity index (χ1v) is 9.50. The standard InChI is InChI=1S/C22H25FN2O3/c1-15(2)28-19-9-7-18(8-10-19)25-21(27)22(12-13-22)20(26)24-14-11-16-3-5-17(23)6-4-16/h3-10,15H,11-14H2,1-2H3,(H,24,26)(H,25,27). The summed E-state index contributed by atoms with van der Waals surface area (Å²) in [4.78, 5) is 25.2. The van der Waals surface area contributed by atoms with Crippen molar-refractivity contribution in [2.45, 2.75) is 39.2 Å². The number of carbonyl (C=O) groups is 2. The number of nitrogens with one attached hydrogen (secondary N) is 2. The second kappa shape index (κ2) is 8.42. The Labute approximate surface area is 164 Å². The lowest BCUT2D eigenvalue weighted by atomic mass is 10.0. The molecular weight excluding hydrogens is 359 g/mol. The average Bonchev–Trinajstić information content (AvgIpc) is 3.46. The Morgan fingerprint density at radius 3 is 2.25 bits per heavy atom. The summed E-state index contributed by atoms with van der Waals surface area (Å²) in [6.45, 7) is 4.29. The SMILES string of the molecule is CC(C)Oc1ccc(NC(=O)C2(C(=O)NCCc3ccc(F)cc3)CC2)cc1. The summed E-state index contributed by atoms with van der Waals surface area (Å²) >= 11 is 0. The molecule has 1 saturated carbocycles. The van der Waals surface area contributed by atoms with Crippen LogP contribution in [0.3, 0.4) is 0 Å². The molecule has 2 N–H and O–H groups in total. The molecule has 148 valence electrons. The van der Waals surface area contributed by atoms with Crippen LogP contribution < -0.4 is 15.4 Å². The molecule has 2 amide bonds. The highest BCUT2D eigenvalue weighted by Gasteiger charge is 2.56. The first-order valence-electron chi connectivity index (χ1n) is 9.50. The van der Waals surface area contributed by atoms with Gasteiger partial charge in [-0.15, -0.1) is 0 Å². The maximum atomic E-state index is 12.9. The van der Waals surface area contributed by atoms with Crippen LogP contribution >= 0.6 is 0 Å². The van der Waals surface area contributed by atoms with Gasteiger partial charge in [0, 0.05) is 12.2 Å². The summed E-state index contributed by atoms with van der Waals surface area (Å²) in [5, 5.41) is 5.66. The Morgan fingerprint density at radius 2 is 1.68 bits per heavy atom. The van der Waals surface area contributed by atoms with Crippen molar-refractivity contribution in [3.05, 3.63) is 59.9 Å². The third-order valence-corrected chi connectivity index (χ3v) is 4.72. The smallest absolute Gasteiger partial charge is 0.240 e. The summed E-state index contributed by atoms with van der Waals surface area (Å²) in [6.07, 6.45) is 1.74. The van der Waals surface area contributed by atoms with Crippen LogP contribution in [0.2, 0.25) is 0 Å². The van der Waals surface area contributed by atoms with E-state index in [1.165, 1.54) is 12.1 Å². The van der Waals surface area contributed by atoms with Crippen molar-refractivity contribution >= 4 is 17.5 Å². The van der Waals surface area contributed by atoms with Crippen LogP contribution in [0.1, 0.15) is 32.3 Å². The van der Waals surface area contributed by atoms with Crippen LogP contribution in [-0.2, 0) is 16.0 Å². The van der Waals surface area contributed by atoms with Crippen molar-refractivity contribution < 1.29 is 18.7 Å². The molecule has 0 saturated heterocycles. The largest absolute Gasteiger partial charge is 0.491 e. The summed E-state index contributed by atoms with van der Waals surface area (Å²) in [7, 11) is 0. The minimum atomic E-state index is -0.990. The van der Waals surface area contributed by atoms with Crippen molar-refractivity contribution in [3.8, 4) is 5.75 Å². The molecule has 0 heterocycles. The fourth-order valence-electron chi connectivity index (χ4n) is 2.96. The molecule has 1 aliphatic carbocycles. The first kappa shape index (κ1) is 19.9. The van der Waals surface area contributed by atoms with E-state index in [1.54, 1.807) is 36.4 Å². The molecule has 6 heteroatoms. The molecular formula is C22H25FN2O3. The second-order valence-corrected chi connectivity index (χ2v) is 7.36. The molecule has 1 aliphatic rings. The van der Waals surface area contributed by atoms with Gasteiger partial charge in [-0.3, -0.25) is 9.59 Å². The minimum absolute atomic E-state index is 0.0776. The Bertz CT molecular complexity index is 828. The molecule has 2 aromatic carbocycles. The molecule has 0 spiro atoms. The van der Waals surface area contributed by atoms with Crippen molar-refractivity contribution in [2.24, 2.45) is 5.41 Å². The normalized spacial score (nSPS) is 14.4. The number of hydrogen-bond acceptors (Lipinski definition) is 3. The van der Waals surface area contributed by atoms with Crippen molar-refractivity contribution in [1.29, 1.82) is 0 Å². The molecule has 0 unspecified atom stereocenters. The van der Waals surface area contributed by atoms with E-state index in [-0.39, 0.29) is 23.7 Å². The molecule has 0 aromatic heterocycles. The quantitative estimate of drug-likeness (QED) is 0.682. The predicted molar refractivity (Wildman–Crippen MR) is 106 cm³/mol. The molecule has 0 aliphatic heterocycles. The van der Waals surface area contributed by atoms with E-state index in [0.29, 0.717) is 31.5 Å². The van der Waals surface area contributed by atoms with Crippen LogP contribution in [0.15, 0.2) is 48.5 Å². The molecule has 5 nitrogen and oxygen atoms in total. The molecule has 0 radical (unpaired) electrons. The Morgan fingerprint density at radius 1 is 1.04 bits per heavy atom. The van der Waals surface area contributed by atoms with Gasteiger partial charge in [-0.05, 0) is 75.1 Å². The van der Waals surface area contributed by atoms with E-state index in [0.717, 1.165) is 11.3 Å². The highest BCUT2D eigenvalue weighted by atomic mass is 19.1. The summed E-state index contributed by atoms with van der Waals surface area (Å²) in [5.74, 6) is -0.103. The van der Waals surface area contributed by atoms with Crippen molar-refractivity contribution in [1.82, 2.24) is 5.32 Å². The summed E-state index contributed by atoms with van der Waals surface area (Å²) in [6, 6.07) is 13.3. The molecule has 28 heavy (non-hydrogen) atoms. The van der Waals surface area contributed by atoms with Gasteiger partial charge in [-0.2, -0.15) is 0 Å². The number of hydrogen-bond donors (Lipinski definition) is 2. The predicted octanol–water partition coefficient (Wildman–Crippen LogP) is 3.69. The highest BCUT2D eigenvalue weighted by Crippen LogP contribution is 2.46. The lowest BCUT2D eigenvalue weighted by molar-refractivity contribution is -0.134. The van der Waals surface area contributed by atoms with Gasteiger partial charge in [-0.25, -0.2) is 4.39 Å². The Kier molecular flexibility index (Phi) is 5.97. The van der Waals surface area contributed by atoms with Gasteiger partial charge in [-0.1, -0.05) is 12.1 Å². The molecule has 0 atom stereocenters. The van der Waals surface area contributed by atoms with E-state index < -0.39 is 5.41 Å². The summed E-state index contributed by atoms with van der Waals surface area (Å²) in [5.41, 5.74) is 0.571.